The highest BCUT2D eigenvalue weighted by Gasteiger charge is 2.48. The lowest BCUT2D eigenvalue weighted by atomic mass is 9.98. The molecule has 2 aromatic rings. The highest BCUT2D eigenvalue weighted by molar-refractivity contribution is 6.31. The Kier molecular flexibility index (Phi) is 4.88. The maximum Gasteiger partial charge on any atom is 0.323 e. The fourth-order valence-electron chi connectivity index (χ4n) is 3.53. The lowest BCUT2D eigenvalue weighted by molar-refractivity contribution is -0.122. The van der Waals surface area contributed by atoms with Crippen molar-refractivity contribution >= 4 is 29.4 Å². The molecule has 1 atom stereocenters. The molecule has 30 heavy (non-hydrogen) atoms. The van der Waals surface area contributed by atoms with Gasteiger partial charge in [0.1, 0.15) is 5.75 Å². The molecule has 0 aromatic heterocycles. The molecular weight excluding hydrogens is 406 g/mol. The summed E-state index contributed by atoms with van der Waals surface area (Å²) in [6.45, 7) is 2.04. The van der Waals surface area contributed by atoms with Gasteiger partial charge in [0.05, 0.1) is 13.7 Å². The van der Waals surface area contributed by atoms with Crippen molar-refractivity contribution < 1.29 is 19.1 Å². The van der Waals surface area contributed by atoms with Crippen LogP contribution in [-0.4, -0.2) is 41.9 Å². The Balaban J connectivity index is 1.67. The number of rotatable bonds is 3. The molecule has 2 aliphatic rings. The summed E-state index contributed by atoms with van der Waals surface area (Å²) in [5, 5.41) is 5.37. The molecule has 1 fully saturated rings. The second-order valence-electron chi connectivity index (χ2n) is 7.16. The number of hydrogen-bond acceptors (Lipinski definition) is 4. The summed E-state index contributed by atoms with van der Waals surface area (Å²) < 4.78 is 5.19. The first kappa shape index (κ1) is 19.8. The Hall–Kier alpha value is -3.50. The quantitative estimate of drug-likeness (QED) is 0.585. The number of urea groups is 1. The monoisotopic (exact) mass is 423 g/mol. The molecule has 0 saturated carbocycles. The molecule has 2 aromatic carbocycles. The van der Waals surface area contributed by atoms with Gasteiger partial charge < -0.3 is 15.0 Å². The molecule has 2 aliphatic heterocycles. The third-order valence-electron chi connectivity index (χ3n) is 5.24. The number of amides is 4. The molecule has 0 bridgehead atoms. The number of carbonyl (C=O) groups is 3. The summed E-state index contributed by atoms with van der Waals surface area (Å²) in [5.74, 6) is 5.56. The number of fused-ring (bicyclic) bond motifs is 1. The van der Waals surface area contributed by atoms with E-state index in [4.69, 9.17) is 16.3 Å². The summed E-state index contributed by atoms with van der Waals surface area (Å²) in [7, 11) is 1.53. The fourth-order valence-corrected chi connectivity index (χ4v) is 3.70. The highest BCUT2D eigenvalue weighted by atomic mass is 35.5. The van der Waals surface area contributed by atoms with Gasteiger partial charge in [-0.3, -0.25) is 14.9 Å². The highest BCUT2D eigenvalue weighted by Crippen LogP contribution is 2.28. The molecule has 7 nitrogen and oxygen atoms in total. The van der Waals surface area contributed by atoms with Crippen molar-refractivity contribution in [3.05, 3.63) is 63.7 Å². The van der Waals surface area contributed by atoms with Gasteiger partial charge in [-0.1, -0.05) is 35.6 Å². The van der Waals surface area contributed by atoms with Crippen LogP contribution in [0, 0.1) is 18.8 Å². The minimum absolute atomic E-state index is 0.0903. The van der Waals surface area contributed by atoms with Crippen LogP contribution in [0.4, 0.5) is 4.79 Å². The molecule has 4 amide bonds. The van der Waals surface area contributed by atoms with Crippen molar-refractivity contribution in [2.75, 3.05) is 13.7 Å². The molecule has 4 rings (SSSR count). The van der Waals surface area contributed by atoms with E-state index in [1.54, 1.807) is 30.3 Å². The van der Waals surface area contributed by atoms with Crippen molar-refractivity contribution in [1.82, 2.24) is 15.5 Å². The number of benzene rings is 2. The van der Waals surface area contributed by atoms with Crippen LogP contribution in [0.25, 0.3) is 0 Å². The van der Waals surface area contributed by atoms with Gasteiger partial charge in [0.2, 0.25) is 5.54 Å². The van der Waals surface area contributed by atoms with Gasteiger partial charge in [0.15, 0.2) is 0 Å². The number of nitrogens with zero attached hydrogens (tertiary/aromatic N) is 1. The number of halogens is 1. The third-order valence-corrected chi connectivity index (χ3v) is 5.65. The van der Waals surface area contributed by atoms with E-state index in [0.717, 1.165) is 11.1 Å². The fraction of sp³-hybridized carbons (Fsp3) is 0.227. The predicted molar refractivity (Wildman–Crippen MR) is 110 cm³/mol. The number of carbonyl (C=O) groups excluding carboxylic acids is 3. The summed E-state index contributed by atoms with van der Waals surface area (Å²) in [6, 6.07) is 9.88. The molecular formula is C22H18ClN3O4. The smallest absolute Gasteiger partial charge is 0.323 e. The Morgan fingerprint density at radius 2 is 2.03 bits per heavy atom. The minimum Gasteiger partial charge on any atom is -0.497 e. The molecule has 152 valence electrons. The standard InChI is InChI=1S/C22H18ClN3O4/c1-13-14(4-3-5-18(13)23)8-9-22(20(28)24-21(29)25-22)12-26-11-15-6-7-16(30-2)10-17(15)19(26)27/h3-7,10H,11-12H2,1-2H3,(H2,24,25,28,29)/t22-/m1/s1. The molecule has 0 radical (unpaired) electrons. The summed E-state index contributed by atoms with van der Waals surface area (Å²) >= 11 is 6.15. The van der Waals surface area contributed by atoms with Gasteiger partial charge >= 0.3 is 6.03 Å². The Bertz CT molecular complexity index is 1150. The van der Waals surface area contributed by atoms with Crippen LogP contribution in [0.15, 0.2) is 36.4 Å². The number of ether oxygens (including phenoxy) is 1. The maximum atomic E-state index is 12.9. The molecule has 0 aliphatic carbocycles. The first-order valence-electron chi connectivity index (χ1n) is 9.21. The molecule has 0 unspecified atom stereocenters. The molecule has 2 N–H and O–H groups in total. The van der Waals surface area contributed by atoms with Crippen molar-refractivity contribution in [3.8, 4) is 17.6 Å². The predicted octanol–water partition coefficient (Wildman–Crippen LogP) is 2.24. The van der Waals surface area contributed by atoms with E-state index < -0.39 is 17.5 Å². The van der Waals surface area contributed by atoms with E-state index in [9.17, 15) is 14.4 Å². The Morgan fingerprint density at radius 3 is 2.73 bits per heavy atom. The average Bonchev–Trinajstić information content (AvgIpc) is 3.18. The zero-order valence-electron chi connectivity index (χ0n) is 16.3. The molecule has 1 saturated heterocycles. The summed E-state index contributed by atoms with van der Waals surface area (Å²) in [5.41, 5.74) is 1.17. The van der Waals surface area contributed by atoms with Crippen LogP contribution in [0.3, 0.4) is 0 Å². The van der Waals surface area contributed by atoms with Crippen LogP contribution in [0.1, 0.15) is 27.0 Å². The van der Waals surface area contributed by atoms with Gasteiger partial charge in [0, 0.05) is 22.7 Å². The topological polar surface area (TPSA) is 87.7 Å². The van der Waals surface area contributed by atoms with E-state index in [-0.39, 0.29) is 12.5 Å². The van der Waals surface area contributed by atoms with Crippen LogP contribution < -0.4 is 15.4 Å². The minimum atomic E-state index is -1.56. The molecule has 0 spiro atoms. The van der Waals surface area contributed by atoms with Crippen molar-refractivity contribution in [2.24, 2.45) is 0 Å². The normalized spacial score (nSPS) is 19.7. The van der Waals surface area contributed by atoms with Crippen molar-refractivity contribution in [1.29, 1.82) is 0 Å². The van der Waals surface area contributed by atoms with E-state index in [1.165, 1.54) is 12.0 Å². The van der Waals surface area contributed by atoms with Gasteiger partial charge in [0.25, 0.3) is 11.8 Å². The van der Waals surface area contributed by atoms with Gasteiger partial charge in [-0.05, 0) is 42.3 Å². The van der Waals surface area contributed by atoms with Crippen LogP contribution in [0.2, 0.25) is 5.02 Å². The Morgan fingerprint density at radius 1 is 1.23 bits per heavy atom. The van der Waals surface area contributed by atoms with E-state index >= 15 is 0 Å². The number of nitrogens with one attached hydrogen (secondary N) is 2. The van der Waals surface area contributed by atoms with Crippen LogP contribution >= 0.6 is 11.6 Å². The zero-order valence-corrected chi connectivity index (χ0v) is 17.1. The lowest BCUT2D eigenvalue weighted by Gasteiger charge is -2.26. The second kappa shape index (κ2) is 7.39. The first-order chi connectivity index (χ1) is 14.3. The first-order valence-corrected chi connectivity index (χ1v) is 9.59. The van der Waals surface area contributed by atoms with Crippen molar-refractivity contribution in [2.45, 2.75) is 19.0 Å². The number of methoxy groups -OCH3 is 1. The molecule has 8 heteroatoms. The molecule has 2 heterocycles. The zero-order chi connectivity index (χ0) is 21.5. The van der Waals surface area contributed by atoms with Crippen LogP contribution in [0.5, 0.6) is 5.75 Å². The SMILES string of the molecule is COc1ccc2c(c1)C(=O)N(C[C@@]1(C#Cc3cccc(Cl)c3C)NC(=O)NC1=O)C2. The summed E-state index contributed by atoms with van der Waals surface area (Å²) in [6.07, 6.45) is 0. The third kappa shape index (κ3) is 3.36. The van der Waals surface area contributed by atoms with Gasteiger partial charge in [-0.25, -0.2) is 4.79 Å². The van der Waals surface area contributed by atoms with E-state index in [0.29, 0.717) is 28.4 Å². The van der Waals surface area contributed by atoms with Gasteiger partial charge in [-0.2, -0.15) is 0 Å². The lowest BCUT2D eigenvalue weighted by Crippen LogP contribution is -2.54. The second-order valence-corrected chi connectivity index (χ2v) is 7.57. The average molecular weight is 424 g/mol. The van der Waals surface area contributed by atoms with Crippen molar-refractivity contribution in [3.63, 3.8) is 0 Å². The van der Waals surface area contributed by atoms with E-state index in [1.807, 2.05) is 13.0 Å². The largest absolute Gasteiger partial charge is 0.497 e. The Labute approximate surface area is 178 Å². The number of imide groups is 1. The van der Waals surface area contributed by atoms with Gasteiger partial charge in [-0.15, -0.1) is 0 Å². The summed E-state index contributed by atoms with van der Waals surface area (Å²) in [4.78, 5) is 39.0. The van der Waals surface area contributed by atoms with E-state index in [2.05, 4.69) is 22.5 Å². The number of hydrogen-bond donors (Lipinski definition) is 2. The van der Waals surface area contributed by atoms with Crippen LogP contribution in [-0.2, 0) is 11.3 Å². The maximum absolute atomic E-state index is 12.9.